The molecule has 73 heavy (non-hydrogen) atoms. The molecular weight excluding hydrogens is 901 g/mol. The van der Waals surface area contributed by atoms with Gasteiger partial charge in [0.15, 0.2) is 6.10 Å². The Hall–Kier alpha value is -3.67. The zero-order chi connectivity index (χ0) is 52.9. The first-order valence-corrected chi connectivity index (χ1v) is 30.7. The topological polar surface area (TPSA) is 78.9 Å². The van der Waals surface area contributed by atoms with E-state index in [1.165, 1.54) is 167 Å². The van der Waals surface area contributed by atoms with Crippen LogP contribution >= 0.6 is 0 Å². The smallest absolute Gasteiger partial charge is 0.306 e. The minimum atomic E-state index is -0.812. The lowest BCUT2D eigenvalue weighted by atomic mass is 10.0. The van der Waals surface area contributed by atoms with Gasteiger partial charge in [0.1, 0.15) is 13.2 Å². The number of hydrogen-bond donors (Lipinski definition) is 0. The second-order valence-electron chi connectivity index (χ2n) is 20.2. The summed E-state index contributed by atoms with van der Waals surface area (Å²) in [5.41, 5.74) is 0. The molecule has 0 saturated heterocycles. The van der Waals surface area contributed by atoms with Gasteiger partial charge in [-0.25, -0.2) is 0 Å². The van der Waals surface area contributed by atoms with Crippen LogP contribution in [0.1, 0.15) is 290 Å². The average Bonchev–Trinajstić information content (AvgIpc) is 3.39. The predicted molar refractivity (Wildman–Crippen MR) is 316 cm³/mol. The molecule has 0 saturated carbocycles. The SMILES string of the molecule is CC/C=C\C/C=C\C/C=C\C/C=C\C/C=C\C/C=C\CCC(=O)OC[C@H](COC(=O)CCCCCCCCC/C=C\CCCCCC)OC(=O)CCCCCCCCCCCCC/C=C\CCCCCCCC. The molecule has 0 radical (unpaired) electrons. The van der Waals surface area contributed by atoms with Crippen LogP contribution in [0.4, 0.5) is 0 Å². The molecule has 0 aliphatic carbocycles. The summed E-state index contributed by atoms with van der Waals surface area (Å²) in [5.74, 6) is -0.988. The van der Waals surface area contributed by atoms with Gasteiger partial charge < -0.3 is 14.2 Å². The van der Waals surface area contributed by atoms with Crippen LogP contribution in [0.2, 0.25) is 0 Å². The van der Waals surface area contributed by atoms with E-state index in [0.717, 1.165) is 77.0 Å². The van der Waals surface area contributed by atoms with Crippen molar-refractivity contribution in [1.29, 1.82) is 0 Å². The molecule has 6 heteroatoms. The van der Waals surface area contributed by atoms with Gasteiger partial charge in [-0.05, 0) is 109 Å². The fourth-order valence-corrected chi connectivity index (χ4v) is 8.46. The Morgan fingerprint density at radius 3 is 0.932 bits per heavy atom. The molecule has 6 nitrogen and oxygen atoms in total. The van der Waals surface area contributed by atoms with Gasteiger partial charge in [-0.3, -0.25) is 14.4 Å². The minimum Gasteiger partial charge on any atom is -0.462 e. The average molecular weight is 1020 g/mol. The zero-order valence-corrected chi connectivity index (χ0v) is 47.9. The van der Waals surface area contributed by atoms with Crippen LogP contribution in [0.5, 0.6) is 0 Å². The maximum Gasteiger partial charge on any atom is 0.306 e. The Kier molecular flexibility index (Phi) is 57.8. The van der Waals surface area contributed by atoms with Gasteiger partial charge in [-0.15, -0.1) is 0 Å². The number of allylic oxidation sites excluding steroid dienone is 16. The highest BCUT2D eigenvalue weighted by atomic mass is 16.6. The van der Waals surface area contributed by atoms with E-state index in [1.54, 1.807) is 0 Å². The molecule has 0 aromatic carbocycles. The Morgan fingerprint density at radius 2 is 0.562 bits per heavy atom. The van der Waals surface area contributed by atoms with Gasteiger partial charge in [-0.1, -0.05) is 259 Å². The van der Waals surface area contributed by atoms with Crippen LogP contribution in [0.15, 0.2) is 97.2 Å². The van der Waals surface area contributed by atoms with Gasteiger partial charge >= 0.3 is 17.9 Å². The molecular formula is C67H114O6. The second kappa shape index (κ2) is 60.9. The second-order valence-corrected chi connectivity index (χ2v) is 20.2. The predicted octanol–water partition coefficient (Wildman–Crippen LogP) is 20.9. The first kappa shape index (κ1) is 69.3. The highest BCUT2D eigenvalue weighted by molar-refractivity contribution is 5.71. The molecule has 0 N–H and O–H groups in total. The van der Waals surface area contributed by atoms with Crippen molar-refractivity contribution in [3.63, 3.8) is 0 Å². The lowest BCUT2D eigenvalue weighted by Gasteiger charge is -2.18. The summed E-state index contributed by atoms with van der Waals surface area (Å²) in [6, 6.07) is 0. The summed E-state index contributed by atoms with van der Waals surface area (Å²) in [6.45, 7) is 6.46. The van der Waals surface area contributed by atoms with Crippen LogP contribution in [-0.4, -0.2) is 37.2 Å². The van der Waals surface area contributed by atoms with E-state index in [0.29, 0.717) is 19.3 Å². The van der Waals surface area contributed by atoms with Crippen molar-refractivity contribution in [2.24, 2.45) is 0 Å². The quantitative estimate of drug-likeness (QED) is 0.0261. The van der Waals surface area contributed by atoms with E-state index in [4.69, 9.17) is 14.2 Å². The standard InChI is InChI=1S/C67H114O6/c1-4-7-10-13-16-19-22-25-28-30-32-33-35-37-40-43-46-49-52-55-58-61-67(70)73-64(62-71-65(68)59-56-53-50-47-44-41-38-27-24-21-18-15-12-9-6-3)63-72-66(69)60-57-54-51-48-45-42-39-36-34-31-29-26-23-20-17-14-11-8-5-2/h8,11,17,20-21,24-26,28-29,34,36,42,45,51,54,64H,4-7,9-10,12-16,18-19,22-23,27,30-33,35,37-41,43-44,46-50,52-53,55-63H2,1-3H3/b11-8-,20-17-,24-21-,28-25-,29-26-,36-34-,45-42-,54-51-/t64-/m0/s1. The third-order valence-electron chi connectivity index (χ3n) is 13.1. The van der Waals surface area contributed by atoms with E-state index in [9.17, 15) is 14.4 Å². The van der Waals surface area contributed by atoms with Crippen molar-refractivity contribution in [3.05, 3.63) is 97.2 Å². The van der Waals surface area contributed by atoms with Crippen molar-refractivity contribution in [2.75, 3.05) is 13.2 Å². The lowest BCUT2D eigenvalue weighted by molar-refractivity contribution is -0.166. The van der Waals surface area contributed by atoms with E-state index in [1.807, 2.05) is 6.08 Å². The van der Waals surface area contributed by atoms with Crippen molar-refractivity contribution >= 4 is 17.9 Å². The van der Waals surface area contributed by atoms with Gasteiger partial charge in [0, 0.05) is 19.3 Å². The molecule has 0 amide bonds. The van der Waals surface area contributed by atoms with Crippen molar-refractivity contribution in [2.45, 2.75) is 297 Å². The summed E-state index contributed by atoms with van der Waals surface area (Å²) in [5, 5.41) is 0. The molecule has 0 unspecified atom stereocenters. The summed E-state index contributed by atoms with van der Waals surface area (Å²) >= 11 is 0. The maximum atomic E-state index is 12.9. The van der Waals surface area contributed by atoms with Crippen molar-refractivity contribution in [3.8, 4) is 0 Å². The van der Waals surface area contributed by atoms with Crippen LogP contribution < -0.4 is 0 Å². The number of ether oxygens (including phenoxy) is 3. The lowest BCUT2D eigenvalue weighted by Crippen LogP contribution is -2.30. The Labute approximate surface area is 451 Å². The van der Waals surface area contributed by atoms with Crippen LogP contribution in [0, 0.1) is 0 Å². The van der Waals surface area contributed by atoms with Gasteiger partial charge in [-0.2, -0.15) is 0 Å². The van der Waals surface area contributed by atoms with E-state index < -0.39 is 6.10 Å². The van der Waals surface area contributed by atoms with Crippen LogP contribution in [-0.2, 0) is 28.6 Å². The first-order chi connectivity index (χ1) is 36.0. The summed E-state index contributed by atoms with van der Waals surface area (Å²) in [7, 11) is 0. The molecule has 0 aliphatic heterocycles. The molecule has 0 fully saturated rings. The van der Waals surface area contributed by atoms with Crippen molar-refractivity contribution < 1.29 is 28.6 Å². The van der Waals surface area contributed by atoms with Gasteiger partial charge in [0.25, 0.3) is 0 Å². The molecule has 0 spiro atoms. The summed E-state index contributed by atoms with van der Waals surface area (Å²) < 4.78 is 16.8. The summed E-state index contributed by atoms with van der Waals surface area (Å²) in [6.07, 6.45) is 81.3. The highest BCUT2D eigenvalue weighted by Gasteiger charge is 2.19. The molecule has 0 bridgehead atoms. The van der Waals surface area contributed by atoms with Gasteiger partial charge in [0.2, 0.25) is 0 Å². The number of hydrogen-bond acceptors (Lipinski definition) is 6. The van der Waals surface area contributed by atoms with Crippen LogP contribution in [0.25, 0.3) is 0 Å². The fraction of sp³-hybridized carbons (Fsp3) is 0.716. The number of carbonyl (C=O) groups is 3. The zero-order valence-electron chi connectivity index (χ0n) is 47.9. The Morgan fingerprint density at radius 1 is 0.288 bits per heavy atom. The van der Waals surface area contributed by atoms with Gasteiger partial charge in [0.05, 0.1) is 0 Å². The first-order valence-electron chi connectivity index (χ1n) is 30.7. The molecule has 1 atom stereocenters. The molecule has 0 heterocycles. The highest BCUT2D eigenvalue weighted by Crippen LogP contribution is 2.15. The Bertz CT molecular complexity index is 1440. The Balaban J connectivity index is 4.47. The molecule has 418 valence electrons. The largest absolute Gasteiger partial charge is 0.462 e. The number of esters is 3. The molecule has 0 aromatic heterocycles. The van der Waals surface area contributed by atoms with E-state index in [-0.39, 0.29) is 37.5 Å². The van der Waals surface area contributed by atoms with E-state index >= 15 is 0 Å². The number of unbranched alkanes of at least 4 members (excludes halogenated alkanes) is 28. The number of carbonyl (C=O) groups excluding carboxylic acids is 3. The molecule has 0 aliphatic rings. The number of rotatable bonds is 55. The van der Waals surface area contributed by atoms with Crippen molar-refractivity contribution in [1.82, 2.24) is 0 Å². The third kappa shape index (κ3) is 59.1. The summed E-state index contributed by atoms with van der Waals surface area (Å²) in [4.78, 5) is 38.2. The molecule has 0 rings (SSSR count). The maximum absolute atomic E-state index is 12.9. The van der Waals surface area contributed by atoms with Crippen LogP contribution in [0.3, 0.4) is 0 Å². The monoisotopic (exact) mass is 1010 g/mol. The normalized spacial score (nSPS) is 12.8. The van der Waals surface area contributed by atoms with E-state index in [2.05, 4.69) is 112 Å². The third-order valence-corrected chi connectivity index (χ3v) is 13.1. The minimum absolute atomic E-state index is 0.103. The molecule has 0 aromatic rings. The fourth-order valence-electron chi connectivity index (χ4n) is 8.46.